The lowest BCUT2D eigenvalue weighted by molar-refractivity contribution is -0.117. The molecule has 0 saturated carbocycles. The van der Waals surface area contributed by atoms with E-state index in [2.05, 4.69) is 6.58 Å². The maximum atomic E-state index is 12.9. The topological polar surface area (TPSA) is 54.5 Å². The lowest BCUT2D eigenvalue weighted by Gasteiger charge is -2.26. The van der Waals surface area contributed by atoms with Gasteiger partial charge in [-0.15, -0.1) is 0 Å². The van der Waals surface area contributed by atoms with Crippen LogP contribution in [0.1, 0.15) is 12.5 Å². The molecule has 0 aromatic heterocycles. The lowest BCUT2D eigenvalue weighted by Crippen LogP contribution is -2.37. The molecule has 23 heavy (non-hydrogen) atoms. The molecule has 0 spiro atoms. The molecule has 2 atom stereocenters. The number of allylic oxidation sites excluding steroid dienone is 1. The lowest BCUT2D eigenvalue weighted by atomic mass is 9.97. The van der Waals surface area contributed by atoms with Crippen LogP contribution in [0.5, 0.6) is 0 Å². The molecule has 0 amide bonds. The van der Waals surface area contributed by atoms with Gasteiger partial charge in [0.2, 0.25) is 10.0 Å². The molecule has 0 saturated heterocycles. The summed E-state index contributed by atoms with van der Waals surface area (Å²) in [5.41, 5.74) is 1.01. The van der Waals surface area contributed by atoms with Crippen LogP contribution in [0.15, 0.2) is 51.5 Å². The van der Waals surface area contributed by atoms with Crippen molar-refractivity contribution in [3.05, 3.63) is 52.1 Å². The molecule has 2 rings (SSSR count). The summed E-state index contributed by atoms with van der Waals surface area (Å²) in [6.07, 6.45) is 3.35. The van der Waals surface area contributed by atoms with E-state index < -0.39 is 10.0 Å². The van der Waals surface area contributed by atoms with E-state index in [-0.39, 0.29) is 35.6 Å². The average molecular weight is 445 g/mol. The number of benzene rings is 1. The highest BCUT2D eigenvalue weighted by molar-refractivity contribution is 14.1. The third-order valence-electron chi connectivity index (χ3n) is 4.02. The Morgan fingerprint density at radius 1 is 1.30 bits per heavy atom. The monoisotopic (exact) mass is 445 g/mol. The molecule has 0 radical (unpaired) electrons. The molecule has 0 fully saturated rings. The average Bonchev–Trinajstić information content (AvgIpc) is 2.78. The van der Waals surface area contributed by atoms with Crippen molar-refractivity contribution in [1.29, 1.82) is 0 Å². The summed E-state index contributed by atoms with van der Waals surface area (Å²) in [7, 11) is -3.62. The Bertz CT molecular complexity index is 738. The van der Waals surface area contributed by atoms with E-state index in [0.717, 1.165) is 9.14 Å². The quantitative estimate of drug-likeness (QED) is 0.632. The molecule has 1 aliphatic rings. The molecule has 2 unspecified atom stereocenters. The van der Waals surface area contributed by atoms with E-state index in [0.29, 0.717) is 0 Å². The largest absolute Gasteiger partial charge is 0.295 e. The van der Waals surface area contributed by atoms with Crippen molar-refractivity contribution >= 4 is 38.4 Å². The van der Waals surface area contributed by atoms with Crippen molar-refractivity contribution in [2.24, 2.45) is 11.8 Å². The second kappa shape index (κ2) is 7.27. The highest BCUT2D eigenvalue weighted by Crippen LogP contribution is 2.27. The van der Waals surface area contributed by atoms with Crippen molar-refractivity contribution in [1.82, 2.24) is 4.31 Å². The van der Waals surface area contributed by atoms with Crippen molar-refractivity contribution in [3.63, 3.8) is 0 Å². The Balaban J connectivity index is 2.30. The highest BCUT2D eigenvalue weighted by atomic mass is 127. The number of hydrogen-bond donors (Lipinski definition) is 0. The minimum Gasteiger partial charge on any atom is -0.295 e. The van der Waals surface area contributed by atoms with Gasteiger partial charge in [0.25, 0.3) is 0 Å². The first-order chi connectivity index (χ1) is 10.7. The standard InChI is InChI=1S/C17H20INO3S/c1-12-4-7-16(8-5-12)23(21,22)19(10-13(2)18)11-15-6-9-17(20)14(15)3/h4-9,14-15H,2,10-11H2,1,3H3. The van der Waals surface area contributed by atoms with Crippen LogP contribution >= 0.6 is 22.6 Å². The Morgan fingerprint density at radius 3 is 2.39 bits per heavy atom. The van der Waals surface area contributed by atoms with E-state index in [9.17, 15) is 13.2 Å². The summed E-state index contributed by atoms with van der Waals surface area (Å²) in [5, 5.41) is 0. The third-order valence-corrected chi connectivity index (χ3v) is 6.19. The van der Waals surface area contributed by atoms with E-state index in [1.54, 1.807) is 36.4 Å². The SMILES string of the molecule is C=C(I)CN(CC1C=CC(=O)C1C)S(=O)(=O)c1ccc(C)cc1. The van der Waals surface area contributed by atoms with Crippen LogP contribution in [0.25, 0.3) is 0 Å². The van der Waals surface area contributed by atoms with Gasteiger partial charge in [0.05, 0.1) is 4.90 Å². The van der Waals surface area contributed by atoms with Gasteiger partial charge in [-0.2, -0.15) is 4.31 Å². The van der Waals surface area contributed by atoms with Gasteiger partial charge in [-0.05, 0) is 51.3 Å². The van der Waals surface area contributed by atoms with Crippen LogP contribution in [-0.2, 0) is 14.8 Å². The first-order valence-corrected chi connectivity index (χ1v) is 9.86. The van der Waals surface area contributed by atoms with E-state index in [1.165, 1.54) is 4.31 Å². The first-order valence-electron chi connectivity index (χ1n) is 7.34. The van der Waals surface area contributed by atoms with Crippen LogP contribution in [-0.4, -0.2) is 31.6 Å². The Hall–Kier alpha value is -0.990. The zero-order valence-electron chi connectivity index (χ0n) is 13.2. The summed E-state index contributed by atoms with van der Waals surface area (Å²) >= 11 is 2.03. The fraction of sp³-hybridized carbons (Fsp3) is 0.353. The molecule has 1 aromatic carbocycles. The predicted octanol–water partition coefficient (Wildman–Crippen LogP) is 3.33. The fourth-order valence-electron chi connectivity index (χ4n) is 2.50. The summed E-state index contributed by atoms with van der Waals surface area (Å²) in [6.45, 7) is 8.09. The molecule has 4 nitrogen and oxygen atoms in total. The molecule has 0 bridgehead atoms. The minimum absolute atomic E-state index is 0.0518. The number of hydrogen-bond acceptors (Lipinski definition) is 3. The van der Waals surface area contributed by atoms with Crippen molar-refractivity contribution in [3.8, 4) is 0 Å². The Morgan fingerprint density at radius 2 is 1.91 bits per heavy atom. The van der Waals surface area contributed by atoms with Gasteiger partial charge in [-0.25, -0.2) is 8.42 Å². The van der Waals surface area contributed by atoms with Gasteiger partial charge in [0.1, 0.15) is 0 Å². The van der Waals surface area contributed by atoms with Crippen LogP contribution < -0.4 is 0 Å². The number of carbonyl (C=O) groups is 1. The van der Waals surface area contributed by atoms with E-state index >= 15 is 0 Å². The minimum atomic E-state index is -3.62. The molecule has 0 N–H and O–H groups in total. The van der Waals surface area contributed by atoms with E-state index in [1.807, 2.05) is 36.4 Å². The van der Waals surface area contributed by atoms with Gasteiger partial charge >= 0.3 is 0 Å². The van der Waals surface area contributed by atoms with Crippen molar-refractivity contribution in [2.75, 3.05) is 13.1 Å². The smallest absolute Gasteiger partial charge is 0.243 e. The van der Waals surface area contributed by atoms with Crippen molar-refractivity contribution < 1.29 is 13.2 Å². The van der Waals surface area contributed by atoms with Crippen LogP contribution in [0, 0.1) is 18.8 Å². The normalized spacial score (nSPS) is 21.1. The predicted molar refractivity (Wildman–Crippen MR) is 99.9 cm³/mol. The highest BCUT2D eigenvalue weighted by Gasteiger charge is 2.32. The molecule has 1 aromatic rings. The summed E-state index contributed by atoms with van der Waals surface area (Å²) in [4.78, 5) is 11.9. The summed E-state index contributed by atoms with van der Waals surface area (Å²) < 4.78 is 28.0. The van der Waals surface area contributed by atoms with Crippen LogP contribution in [0.2, 0.25) is 0 Å². The van der Waals surface area contributed by atoms with Crippen LogP contribution in [0.4, 0.5) is 0 Å². The van der Waals surface area contributed by atoms with Crippen molar-refractivity contribution in [2.45, 2.75) is 18.7 Å². The molecular formula is C17H20INO3S. The van der Waals surface area contributed by atoms with Gasteiger partial charge in [0, 0.05) is 24.9 Å². The van der Waals surface area contributed by atoms with Crippen LogP contribution in [0.3, 0.4) is 0 Å². The maximum Gasteiger partial charge on any atom is 0.243 e. The number of rotatable bonds is 6. The molecule has 0 aliphatic heterocycles. The number of aryl methyl sites for hydroxylation is 1. The molecular weight excluding hydrogens is 425 g/mol. The number of carbonyl (C=O) groups excluding carboxylic acids is 1. The molecule has 6 heteroatoms. The van der Waals surface area contributed by atoms with Gasteiger partial charge in [-0.3, -0.25) is 4.79 Å². The number of halogens is 1. The van der Waals surface area contributed by atoms with Gasteiger partial charge in [0.15, 0.2) is 5.78 Å². The maximum absolute atomic E-state index is 12.9. The van der Waals surface area contributed by atoms with Gasteiger partial charge < -0.3 is 0 Å². The third kappa shape index (κ3) is 4.30. The zero-order chi connectivity index (χ0) is 17.2. The fourth-order valence-corrected chi connectivity index (χ4v) is 4.62. The number of ketones is 1. The summed E-state index contributed by atoms with van der Waals surface area (Å²) in [5.74, 6) is -0.234. The Kier molecular flexibility index (Phi) is 5.80. The number of sulfonamides is 1. The van der Waals surface area contributed by atoms with Gasteiger partial charge in [-0.1, -0.05) is 37.3 Å². The number of nitrogens with zero attached hydrogens (tertiary/aromatic N) is 1. The summed E-state index contributed by atoms with van der Waals surface area (Å²) in [6, 6.07) is 6.80. The first kappa shape index (κ1) is 18.4. The zero-order valence-corrected chi connectivity index (χ0v) is 16.2. The molecule has 0 heterocycles. The molecule has 124 valence electrons. The Labute approximate surface area is 151 Å². The second-order valence-electron chi connectivity index (χ2n) is 5.84. The second-order valence-corrected chi connectivity index (χ2v) is 9.31. The van der Waals surface area contributed by atoms with E-state index in [4.69, 9.17) is 0 Å². The molecule has 1 aliphatic carbocycles.